The SMILES string of the molecule is CCCNC(=O)c1ccc(NC(=O)CNc2ccc(C(=O)N3CCCCCC3)cc2)cc1. The molecule has 0 atom stereocenters. The molecule has 1 aliphatic heterocycles. The molecular weight excluding hydrogens is 404 g/mol. The van der Waals surface area contributed by atoms with Crippen molar-refractivity contribution in [1.82, 2.24) is 10.2 Å². The summed E-state index contributed by atoms with van der Waals surface area (Å²) in [5.41, 5.74) is 2.63. The first-order chi connectivity index (χ1) is 15.6. The lowest BCUT2D eigenvalue weighted by Crippen LogP contribution is -2.31. The van der Waals surface area contributed by atoms with Crippen molar-refractivity contribution in [3.05, 3.63) is 59.7 Å². The highest BCUT2D eigenvalue weighted by Gasteiger charge is 2.17. The minimum absolute atomic E-state index is 0.0722. The molecule has 0 aliphatic carbocycles. The molecule has 2 aromatic rings. The molecule has 0 bridgehead atoms. The van der Waals surface area contributed by atoms with Crippen molar-refractivity contribution < 1.29 is 14.4 Å². The van der Waals surface area contributed by atoms with Crippen molar-refractivity contribution in [1.29, 1.82) is 0 Å². The van der Waals surface area contributed by atoms with Crippen molar-refractivity contribution in [2.45, 2.75) is 39.0 Å². The summed E-state index contributed by atoms with van der Waals surface area (Å²) >= 11 is 0. The number of benzene rings is 2. The van der Waals surface area contributed by atoms with Gasteiger partial charge in [-0.25, -0.2) is 0 Å². The maximum Gasteiger partial charge on any atom is 0.253 e. The Morgan fingerprint density at radius 2 is 1.41 bits per heavy atom. The number of nitrogens with one attached hydrogen (secondary N) is 3. The molecule has 0 aromatic heterocycles. The Morgan fingerprint density at radius 3 is 2.03 bits per heavy atom. The van der Waals surface area contributed by atoms with Crippen LogP contribution < -0.4 is 16.0 Å². The second-order valence-corrected chi connectivity index (χ2v) is 8.02. The number of carbonyl (C=O) groups excluding carboxylic acids is 3. The Labute approximate surface area is 189 Å². The van der Waals surface area contributed by atoms with Crippen LogP contribution in [0.3, 0.4) is 0 Å². The molecule has 0 spiro atoms. The van der Waals surface area contributed by atoms with Gasteiger partial charge in [0.2, 0.25) is 5.91 Å². The number of amides is 3. The maximum absolute atomic E-state index is 12.7. The average Bonchev–Trinajstić information content (AvgIpc) is 3.11. The lowest BCUT2D eigenvalue weighted by Gasteiger charge is -2.20. The summed E-state index contributed by atoms with van der Waals surface area (Å²) in [5.74, 6) is -0.245. The minimum Gasteiger partial charge on any atom is -0.376 e. The molecule has 3 N–H and O–H groups in total. The molecule has 170 valence electrons. The third-order valence-electron chi connectivity index (χ3n) is 5.44. The highest BCUT2D eigenvalue weighted by molar-refractivity contribution is 5.97. The monoisotopic (exact) mass is 436 g/mol. The van der Waals surface area contributed by atoms with Crippen molar-refractivity contribution in [2.24, 2.45) is 0 Å². The van der Waals surface area contributed by atoms with E-state index in [0.717, 1.165) is 38.0 Å². The summed E-state index contributed by atoms with van der Waals surface area (Å²) in [7, 11) is 0. The van der Waals surface area contributed by atoms with Gasteiger partial charge in [0, 0.05) is 42.1 Å². The number of rotatable bonds is 8. The van der Waals surface area contributed by atoms with Crippen LogP contribution in [0.4, 0.5) is 11.4 Å². The Kier molecular flexibility index (Phi) is 8.66. The topological polar surface area (TPSA) is 90.5 Å². The number of hydrogen-bond acceptors (Lipinski definition) is 4. The number of nitrogens with zero attached hydrogens (tertiary/aromatic N) is 1. The highest BCUT2D eigenvalue weighted by Crippen LogP contribution is 2.16. The van der Waals surface area contributed by atoms with Crippen LogP contribution in [0, 0.1) is 0 Å². The zero-order valence-electron chi connectivity index (χ0n) is 18.7. The van der Waals surface area contributed by atoms with Gasteiger partial charge in [-0.2, -0.15) is 0 Å². The van der Waals surface area contributed by atoms with E-state index in [1.165, 1.54) is 12.8 Å². The molecule has 1 aliphatic rings. The summed E-state index contributed by atoms with van der Waals surface area (Å²) in [6, 6.07) is 14.0. The quantitative estimate of drug-likeness (QED) is 0.586. The van der Waals surface area contributed by atoms with Crippen LogP contribution in [-0.2, 0) is 4.79 Å². The van der Waals surface area contributed by atoms with Crippen LogP contribution >= 0.6 is 0 Å². The summed E-state index contributed by atoms with van der Waals surface area (Å²) in [5, 5.41) is 8.70. The molecule has 1 heterocycles. The second kappa shape index (κ2) is 11.9. The van der Waals surface area contributed by atoms with Gasteiger partial charge in [0.25, 0.3) is 11.8 Å². The Bertz CT molecular complexity index is 902. The zero-order valence-corrected chi connectivity index (χ0v) is 18.7. The van der Waals surface area contributed by atoms with E-state index in [4.69, 9.17) is 0 Å². The van der Waals surface area contributed by atoms with E-state index in [1.54, 1.807) is 36.4 Å². The van der Waals surface area contributed by atoms with Gasteiger partial charge < -0.3 is 20.9 Å². The van der Waals surface area contributed by atoms with Crippen LogP contribution in [-0.4, -0.2) is 48.8 Å². The van der Waals surface area contributed by atoms with Crippen LogP contribution in [0.25, 0.3) is 0 Å². The highest BCUT2D eigenvalue weighted by atomic mass is 16.2. The van der Waals surface area contributed by atoms with E-state index < -0.39 is 0 Å². The number of carbonyl (C=O) groups is 3. The standard InChI is InChI=1S/C25H32N4O3/c1-2-15-26-24(31)19-7-13-22(14-8-19)28-23(30)18-27-21-11-9-20(10-12-21)25(32)29-16-5-3-4-6-17-29/h7-14,27H,2-6,15-18H2,1H3,(H,26,31)(H,28,30). The van der Waals surface area contributed by atoms with Crippen molar-refractivity contribution in [2.75, 3.05) is 36.8 Å². The zero-order chi connectivity index (χ0) is 22.8. The van der Waals surface area contributed by atoms with Crippen LogP contribution in [0.15, 0.2) is 48.5 Å². The normalized spacial score (nSPS) is 13.7. The summed E-state index contributed by atoms with van der Waals surface area (Å²) < 4.78 is 0. The van der Waals surface area contributed by atoms with Crippen LogP contribution in [0.5, 0.6) is 0 Å². The Morgan fingerprint density at radius 1 is 0.812 bits per heavy atom. The van der Waals surface area contributed by atoms with Crippen LogP contribution in [0.2, 0.25) is 0 Å². The molecule has 32 heavy (non-hydrogen) atoms. The van der Waals surface area contributed by atoms with E-state index >= 15 is 0 Å². The molecular formula is C25H32N4O3. The fourth-order valence-corrected chi connectivity index (χ4v) is 3.62. The number of likely N-dealkylation sites (tertiary alicyclic amines) is 1. The number of hydrogen-bond donors (Lipinski definition) is 3. The van der Waals surface area contributed by atoms with Crippen molar-refractivity contribution in [3.63, 3.8) is 0 Å². The second-order valence-electron chi connectivity index (χ2n) is 8.02. The van der Waals surface area contributed by atoms with E-state index in [1.807, 2.05) is 24.0 Å². The smallest absolute Gasteiger partial charge is 0.253 e. The van der Waals surface area contributed by atoms with Gasteiger partial charge in [0.1, 0.15) is 0 Å². The summed E-state index contributed by atoms with van der Waals surface area (Å²) in [6.45, 7) is 4.37. The Hall–Kier alpha value is -3.35. The molecule has 3 amide bonds. The molecule has 0 radical (unpaired) electrons. The first-order valence-corrected chi connectivity index (χ1v) is 11.4. The molecule has 7 nitrogen and oxygen atoms in total. The van der Waals surface area contributed by atoms with Gasteiger partial charge in [-0.3, -0.25) is 14.4 Å². The molecule has 7 heteroatoms. The van der Waals surface area contributed by atoms with E-state index in [9.17, 15) is 14.4 Å². The average molecular weight is 437 g/mol. The molecule has 2 aromatic carbocycles. The summed E-state index contributed by atoms with van der Waals surface area (Å²) in [4.78, 5) is 38.8. The van der Waals surface area contributed by atoms with E-state index in [-0.39, 0.29) is 24.3 Å². The predicted molar refractivity (Wildman–Crippen MR) is 127 cm³/mol. The molecule has 1 saturated heterocycles. The van der Waals surface area contributed by atoms with Gasteiger partial charge in [0.15, 0.2) is 0 Å². The van der Waals surface area contributed by atoms with Crippen molar-refractivity contribution >= 4 is 29.1 Å². The minimum atomic E-state index is -0.196. The third-order valence-corrected chi connectivity index (χ3v) is 5.44. The fourth-order valence-electron chi connectivity index (χ4n) is 3.62. The van der Waals surface area contributed by atoms with Crippen LogP contribution in [0.1, 0.15) is 59.7 Å². The number of anilines is 2. The Balaban J connectivity index is 1.46. The van der Waals surface area contributed by atoms with Gasteiger partial charge in [-0.1, -0.05) is 19.8 Å². The van der Waals surface area contributed by atoms with Gasteiger partial charge >= 0.3 is 0 Å². The predicted octanol–water partition coefficient (Wildman–Crippen LogP) is 3.89. The van der Waals surface area contributed by atoms with E-state index in [0.29, 0.717) is 23.4 Å². The van der Waals surface area contributed by atoms with E-state index in [2.05, 4.69) is 16.0 Å². The summed E-state index contributed by atoms with van der Waals surface area (Å²) in [6.07, 6.45) is 5.38. The maximum atomic E-state index is 12.7. The molecule has 0 saturated carbocycles. The molecule has 3 rings (SSSR count). The first kappa shape index (κ1) is 23.3. The van der Waals surface area contributed by atoms with Gasteiger partial charge in [-0.15, -0.1) is 0 Å². The largest absolute Gasteiger partial charge is 0.376 e. The molecule has 0 unspecified atom stereocenters. The van der Waals surface area contributed by atoms with Gasteiger partial charge in [0.05, 0.1) is 6.54 Å². The van der Waals surface area contributed by atoms with Gasteiger partial charge in [-0.05, 0) is 67.8 Å². The third kappa shape index (κ3) is 6.83. The molecule has 1 fully saturated rings. The van der Waals surface area contributed by atoms with Crippen molar-refractivity contribution in [3.8, 4) is 0 Å². The fraction of sp³-hybridized carbons (Fsp3) is 0.400. The lowest BCUT2D eigenvalue weighted by atomic mass is 10.1. The first-order valence-electron chi connectivity index (χ1n) is 11.4. The lowest BCUT2D eigenvalue weighted by molar-refractivity contribution is -0.114.